The first kappa shape index (κ1) is 24.3. The van der Waals surface area contributed by atoms with Crippen molar-refractivity contribution >= 4 is 17.9 Å². The first-order valence-electron chi connectivity index (χ1n) is 9.81. The summed E-state index contributed by atoms with van der Waals surface area (Å²) < 4.78 is 16.4. The second-order valence-electron chi connectivity index (χ2n) is 7.54. The number of carbonyl (C=O) groups is 3. The van der Waals surface area contributed by atoms with Gasteiger partial charge >= 0.3 is 12.0 Å². The van der Waals surface area contributed by atoms with Crippen LogP contribution in [0, 0.1) is 0 Å². The van der Waals surface area contributed by atoms with Crippen LogP contribution < -0.4 is 20.1 Å². The summed E-state index contributed by atoms with van der Waals surface area (Å²) in [6, 6.07) is 4.05. The van der Waals surface area contributed by atoms with Crippen LogP contribution in [0.25, 0.3) is 0 Å². The molecule has 0 unspecified atom stereocenters. The molecule has 0 aliphatic heterocycles. The normalized spacial score (nSPS) is 11.9. The van der Waals surface area contributed by atoms with Crippen LogP contribution in [0.5, 0.6) is 11.5 Å². The maximum Gasteiger partial charge on any atom is 0.339 e. The Balaban J connectivity index is 2.75. The summed E-state index contributed by atoms with van der Waals surface area (Å²) in [5, 5.41) is 4.75. The first-order valence-corrected chi connectivity index (χ1v) is 9.81. The van der Waals surface area contributed by atoms with Gasteiger partial charge in [-0.25, -0.2) is 9.59 Å². The highest BCUT2D eigenvalue weighted by Gasteiger charge is 2.23. The number of esters is 1. The van der Waals surface area contributed by atoms with E-state index in [1.54, 1.807) is 32.9 Å². The van der Waals surface area contributed by atoms with E-state index in [-0.39, 0.29) is 5.56 Å². The van der Waals surface area contributed by atoms with Crippen LogP contribution in [0.15, 0.2) is 18.2 Å². The molecular formula is C21H32N2O6. The van der Waals surface area contributed by atoms with Crippen molar-refractivity contribution in [2.75, 3.05) is 13.2 Å². The average molecular weight is 408 g/mol. The number of rotatable bonds is 9. The van der Waals surface area contributed by atoms with Gasteiger partial charge in [-0.05, 0) is 59.2 Å². The van der Waals surface area contributed by atoms with Gasteiger partial charge in [0.05, 0.1) is 18.8 Å². The Bertz CT molecular complexity index is 712. The average Bonchev–Trinajstić information content (AvgIpc) is 2.61. The fraction of sp³-hybridized carbons (Fsp3) is 0.571. The Morgan fingerprint density at radius 3 is 2.34 bits per heavy atom. The van der Waals surface area contributed by atoms with Crippen molar-refractivity contribution in [3.8, 4) is 11.5 Å². The zero-order chi connectivity index (χ0) is 22.0. The van der Waals surface area contributed by atoms with E-state index < -0.39 is 29.6 Å². The minimum absolute atomic E-state index is 0.218. The third-order valence-electron chi connectivity index (χ3n) is 3.61. The second-order valence-corrected chi connectivity index (χ2v) is 7.54. The van der Waals surface area contributed by atoms with Gasteiger partial charge in [-0.3, -0.25) is 10.1 Å². The van der Waals surface area contributed by atoms with Crippen LogP contribution in [-0.2, 0) is 9.53 Å². The summed E-state index contributed by atoms with van der Waals surface area (Å²) in [4.78, 5) is 36.3. The second kappa shape index (κ2) is 11.3. The smallest absolute Gasteiger partial charge is 0.339 e. The molecular weight excluding hydrogens is 376 g/mol. The molecule has 2 N–H and O–H groups in total. The molecule has 0 bridgehead atoms. The molecule has 0 aromatic heterocycles. The molecule has 0 saturated heterocycles. The van der Waals surface area contributed by atoms with Crippen molar-refractivity contribution in [1.82, 2.24) is 10.6 Å². The molecule has 0 radical (unpaired) electrons. The van der Waals surface area contributed by atoms with Crippen molar-refractivity contribution in [3.63, 3.8) is 0 Å². The molecule has 1 aromatic rings. The molecule has 1 atom stereocenters. The van der Waals surface area contributed by atoms with Crippen LogP contribution in [-0.4, -0.2) is 42.8 Å². The molecule has 0 fully saturated rings. The topological polar surface area (TPSA) is 103 Å². The van der Waals surface area contributed by atoms with E-state index in [1.807, 2.05) is 6.92 Å². The number of benzene rings is 1. The lowest BCUT2D eigenvalue weighted by atomic mass is 10.1. The zero-order valence-corrected chi connectivity index (χ0v) is 18.1. The Labute approximate surface area is 172 Å². The molecule has 162 valence electrons. The molecule has 0 aliphatic rings. The number of nitrogens with one attached hydrogen (secondary N) is 2. The van der Waals surface area contributed by atoms with Crippen molar-refractivity contribution in [2.24, 2.45) is 0 Å². The minimum atomic E-state index is -1.15. The van der Waals surface area contributed by atoms with Crippen molar-refractivity contribution in [2.45, 2.75) is 66.0 Å². The van der Waals surface area contributed by atoms with E-state index >= 15 is 0 Å². The first-order chi connectivity index (χ1) is 13.6. The number of ether oxygens (including phenoxy) is 3. The van der Waals surface area contributed by atoms with Crippen LogP contribution in [0.2, 0.25) is 0 Å². The quantitative estimate of drug-likeness (QED) is 0.479. The molecule has 0 saturated carbocycles. The number of hydrogen-bond acceptors (Lipinski definition) is 6. The summed E-state index contributed by atoms with van der Waals surface area (Å²) in [6.45, 7) is 11.6. The molecule has 29 heavy (non-hydrogen) atoms. The maximum atomic E-state index is 12.4. The molecule has 1 aromatic carbocycles. The van der Waals surface area contributed by atoms with E-state index in [4.69, 9.17) is 14.2 Å². The minimum Gasteiger partial charge on any atom is -0.490 e. The third-order valence-corrected chi connectivity index (χ3v) is 3.61. The SMILES string of the molecule is CCCCOc1ccc(C(=O)O[C@@H](C)C(=O)NC(=O)NC(C)(C)C)cc1OCC. The van der Waals surface area contributed by atoms with E-state index in [0.717, 1.165) is 12.8 Å². The Morgan fingerprint density at radius 1 is 1.07 bits per heavy atom. The van der Waals surface area contributed by atoms with Gasteiger partial charge < -0.3 is 19.5 Å². The van der Waals surface area contributed by atoms with E-state index in [2.05, 4.69) is 17.6 Å². The third kappa shape index (κ3) is 8.85. The lowest BCUT2D eigenvalue weighted by Crippen LogP contribution is -2.50. The van der Waals surface area contributed by atoms with Crippen molar-refractivity contribution in [3.05, 3.63) is 23.8 Å². The largest absolute Gasteiger partial charge is 0.490 e. The van der Waals surface area contributed by atoms with E-state index in [9.17, 15) is 14.4 Å². The fourth-order valence-electron chi connectivity index (χ4n) is 2.22. The summed E-state index contributed by atoms with van der Waals surface area (Å²) in [5.41, 5.74) is -0.281. The van der Waals surface area contributed by atoms with Crippen LogP contribution in [0.4, 0.5) is 4.79 Å². The molecule has 0 heterocycles. The number of carbonyl (C=O) groups excluding carboxylic acids is 3. The molecule has 8 heteroatoms. The van der Waals surface area contributed by atoms with Crippen LogP contribution >= 0.6 is 0 Å². The van der Waals surface area contributed by atoms with Gasteiger partial charge in [0, 0.05) is 5.54 Å². The highest BCUT2D eigenvalue weighted by molar-refractivity contribution is 5.98. The number of hydrogen-bond donors (Lipinski definition) is 2. The van der Waals surface area contributed by atoms with Crippen molar-refractivity contribution in [1.29, 1.82) is 0 Å². The molecule has 8 nitrogen and oxygen atoms in total. The summed E-state index contributed by atoms with van der Waals surface area (Å²) in [7, 11) is 0. The fourth-order valence-corrected chi connectivity index (χ4v) is 2.22. The van der Waals surface area contributed by atoms with Gasteiger partial charge in [0.1, 0.15) is 0 Å². The zero-order valence-electron chi connectivity index (χ0n) is 18.1. The number of unbranched alkanes of at least 4 members (excludes halogenated alkanes) is 1. The number of imide groups is 1. The van der Waals surface area contributed by atoms with Gasteiger partial charge in [-0.15, -0.1) is 0 Å². The standard InChI is InChI=1S/C21H32N2O6/c1-7-9-12-28-16-11-10-15(13-17(16)27-8-2)19(25)29-14(3)18(24)22-20(26)23-21(4,5)6/h10-11,13-14H,7-9,12H2,1-6H3,(H2,22,23,24,26)/t14-/m0/s1. The Morgan fingerprint density at radius 2 is 1.76 bits per heavy atom. The molecule has 0 spiro atoms. The van der Waals surface area contributed by atoms with E-state index in [0.29, 0.717) is 24.7 Å². The Hall–Kier alpha value is -2.77. The van der Waals surface area contributed by atoms with Gasteiger partial charge in [0.2, 0.25) is 0 Å². The maximum absolute atomic E-state index is 12.4. The number of urea groups is 1. The summed E-state index contributed by atoms with van der Waals surface area (Å²) >= 11 is 0. The van der Waals surface area contributed by atoms with Gasteiger partial charge in [0.25, 0.3) is 5.91 Å². The highest BCUT2D eigenvalue weighted by atomic mass is 16.5. The molecule has 1 rings (SSSR count). The monoisotopic (exact) mass is 408 g/mol. The van der Waals surface area contributed by atoms with Gasteiger partial charge in [0.15, 0.2) is 17.6 Å². The van der Waals surface area contributed by atoms with Gasteiger partial charge in [-0.2, -0.15) is 0 Å². The predicted octanol–water partition coefficient (Wildman–Crippen LogP) is 3.43. The Kier molecular flexibility index (Phi) is 9.44. The summed E-state index contributed by atoms with van der Waals surface area (Å²) in [6.07, 6.45) is 0.761. The van der Waals surface area contributed by atoms with Crippen molar-refractivity contribution < 1.29 is 28.6 Å². The van der Waals surface area contributed by atoms with Crippen LogP contribution in [0.1, 0.15) is 64.7 Å². The predicted molar refractivity (Wildman–Crippen MR) is 109 cm³/mol. The number of amides is 3. The lowest BCUT2D eigenvalue weighted by molar-refractivity contribution is -0.127. The lowest BCUT2D eigenvalue weighted by Gasteiger charge is -2.21. The molecule has 0 aliphatic carbocycles. The highest BCUT2D eigenvalue weighted by Crippen LogP contribution is 2.29. The van der Waals surface area contributed by atoms with Crippen LogP contribution in [0.3, 0.4) is 0 Å². The van der Waals surface area contributed by atoms with E-state index in [1.165, 1.54) is 13.0 Å². The molecule has 3 amide bonds. The van der Waals surface area contributed by atoms with Gasteiger partial charge in [-0.1, -0.05) is 13.3 Å². The summed E-state index contributed by atoms with van der Waals surface area (Å²) in [5.74, 6) is -0.448.